The Hall–Kier alpha value is -2.14. The number of carbonyl (C=O) groups is 1. The lowest BCUT2D eigenvalue weighted by molar-refractivity contribution is 0.0869. The van der Waals surface area contributed by atoms with Crippen LogP contribution in [0.5, 0.6) is 0 Å². The Morgan fingerprint density at radius 3 is 3.04 bits per heavy atom. The number of ether oxygens (including phenoxy) is 1. The predicted octanol–water partition coefficient (Wildman–Crippen LogP) is 2.74. The molecule has 1 aliphatic carbocycles. The first-order chi connectivity index (χ1) is 11.6. The molecule has 2 fully saturated rings. The number of benzene rings is 1. The van der Waals surface area contributed by atoms with E-state index in [2.05, 4.69) is 10.3 Å². The number of hydrogen-bond acceptors (Lipinski definition) is 4. The molecule has 1 N–H and O–H groups in total. The zero-order valence-electron chi connectivity index (χ0n) is 14.2. The van der Waals surface area contributed by atoms with Gasteiger partial charge >= 0.3 is 0 Å². The normalized spacial score (nSPS) is 25.7. The monoisotopic (exact) mass is 325 g/mol. The molecule has 126 valence electrons. The molecule has 1 amide bonds. The number of fused-ring (bicyclic) bond motifs is 3. The summed E-state index contributed by atoms with van der Waals surface area (Å²) in [5.41, 5.74) is 1.34. The van der Waals surface area contributed by atoms with E-state index < -0.39 is 0 Å². The van der Waals surface area contributed by atoms with Crippen LogP contribution in [0.3, 0.4) is 0 Å². The van der Waals surface area contributed by atoms with E-state index in [1.807, 2.05) is 49.3 Å². The van der Waals surface area contributed by atoms with Crippen LogP contribution in [0, 0.1) is 0 Å². The fourth-order valence-electron chi connectivity index (χ4n) is 3.89. The van der Waals surface area contributed by atoms with Crippen molar-refractivity contribution in [2.75, 3.05) is 25.6 Å². The Bertz CT molecular complexity index is 785. The fraction of sp³-hybridized carbons (Fsp3) is 0.474. The van der Waals surface area contributed by atoms with Gasteiger partial charge in [-0.05, 0) is 37.8 Å². The molecule has 1 aromatic heterocycles. The summed E-state index contributed by atoms with van der Waals surface area (Å²) in [6.07, 6.45) is 4.47. The number of amides is 1. The van der Waals surface area contributed by atoms with E-state index in [9.17, 15) is 4.79 Å². The topological polar surface area (TPSA) is 54.5 Å². The van der Waals surface area contributed by atoms with Crippen LogP contribution in [0.4, 0.5) is 5.82 Å². The summed E-state index contributed by atoms with van der Waals surface area (Å²) in [6.45, 7) is 0.632. The van der Waals surface area contributed by atoms with Crippen molar-refractivity contribution in [2.24, 2.45) is 0 Å². The van der Waals surface area contributed by atoms with Crippen LogP contribution < -0.4 is 10.2 Å². The molecule has 2 bridgehead atoms. The van der Waals surface area contributed by atoms with E-state index in [-0.39, 0.29) is 11.4 Å². The summed E-state index contributed by atoms with van der Waals surface area (Å²) >= 11 is 0. The highest BCUT2D eigenvalue weighted by Crippen LogP contribution is 2.37. The molecule has 1 aliphatic heterocycles. The third-order valence-electron chi connectivity index (χ3n) is 5.18. The van der Waals surface area contributed by atoms with Crippen molar-refractivity contribution in [3.8, 4) is 0 Å². The maximum atomic E-state index is 13.1. The molecule has 1 aromatic carbocycles. The lowest BCUT2D eigenvalue weighted by Crippen LogP contribution is -2.50. The highest BCUT2D eigenvalue weighted by molar-refractivity contribution is 6.07. The summed E-state index contributed by atoms with van der Waals surface area (Å²) < 4.78 is 5.83. The van der Waals surface area contributed by atoms with Gasteiger partial charge in [-0.2, -0.15) is 0 Å². The van der Waals surface area contributed by atoms with Crippen molar-refractivity contribution in [1.82, 2.24) is 10.3 Å². The van der Waals surface area contributed by atoms with E-state index in [1.165, 1.54) is 0 Å². The predicted molar refractivity (Wildman–Crippen MR) is 94.5 cm³/mol. The van der Waals surface area contributed by atoms with E-state index in [1.54, 1.807) is 0 Å². The molecule has 2 atom stereocenters. The number of nitrogens with one attached hydrogen (secondary N) is 1. The van der Waals surface area contributed by atoms with E-state index in [4.69, 9.17) is 4.74 Å². The molecule has 4 rings (SSSR count). The molecule has 0 radical (unpaired) electrons. The van der Waals surface area contributed by atoms with Gasteiger partial charge in [-0.3, -0.25) is 4.79 Å². The van der Waals surface area contributed by atoms with Crippen molar-refractivity contribution in [1.29, 1.82) is 0 Å². The molecule has 2 aliphatic rings. The zero-order chi connectivity index (χ0) is 16.7. The minimum Gasteiger partial charge on any atom is -0.376 e. The zero-order valence-corrected chi connectivity index (χ0v) is 14.2. The molecular formula is C19H23N3O2. The summed E-state index contributed by atoms with van der Waals surface area (Å²) in [7, 11) is 3.88. The summed E-state index contributed by atoms with van der Waals surface area (Å²) in [5.74, 6) is 0.767. The van der Waals surface area contributed by atoms with Gasteiger partial charge in [0.2, 0.25) is 0 Å². The largest absolute Gasteiger partial charge is 0.376 e. The van der Waals surface area contributed by atoms with Gasteiger partial charge in [0.1, 0.15) is 5.82 Å². The second-order valence-electron chi connectivity index (χ2n) is 7.20. The second-order valence-corrected chi connectivity index (χ2v) is 7.20. The number of rotatable bonds is 3. The maximum Gasteiger partial charge on any atom is 0.252 e. The SMILES string of the molecule is CN(C)c1cc(C(=O)NC23CCCC(C2)OC3)c2ccccc2n1. The van der Waals surface area contributed by atoms with Crippen LogP contribution >= 0.6 is 0 Å². The average Bonchev–Trinajstić information content (AvgIpc) is 2.87. The summed E-state index contributed by atoms with van der Waals surface area (Å²) in [6, 6.07) is 9.69. The van der Waals surface area contributed by atoms with Crippen LogP contribution in [-0.2, 0) is 4.74 Å². The van der Waals surface area contributed by atoms with Gasteiger partial charge in [0.05, 0.1) is 29.3 Å². The van der Waals surface area contributed by atoms with Crippen LogP contribution in [-0.4, -0.2) is 43.2 Å². The van der Waals surface area contributed by atoms with E-state index >= 15 is 0 Å². The highest BCUT2D eigenvalue weighted by Gasteiger charge is 2.44. The Kier molecular flexibility index (Phi) is 3.68. The van der Waals surface area contributed by atoms with Gasteiger partial charge in [-0.1, -0.05) is 18.2 Å². The van der Waals surface area contributed by atoms with Crippen LogP contribution in [0.2, 0.25) is 0 Å². The maximum absolute atomic E-state index is 13.1. The van der Waals surface area contributed by atoms with Gasteiger partial charge in [-0.15, -0.1) is 0 Å². The van der Waals surface area contributed by atoms with Gasteiger partial charge in [0, 0.05) is 19.5 Å². The first-order valence-electron chi connectivity index (χ1n) is 8.58. The molecule has 1 saturated heterocycles. The summed E-state index contributed by atoms with van der Waals surface area (Å²) in [4.78, 5) is 19.6. The fourth-order valence-corrected chi connectivity index (χ4v) is 3.89. The summed E-state index contributed by atoms with van der Waals surface area (Å²) in [5, 5.41) is 4.18. The molecular weight excluding hydrogens is 302 g/mol. The molecule has 1 saturated carbocycles. The Morgan fingerprint density at radius 1 is 1.38 bits per heavy atom. The quantitative estimate of drug-likeness (QED) is 0.943. The first-order valence-corrected chi connectivity index (χ1v) is 8.58. The van der Waals surface area contributed by atoms with Crippen LogP contribution in [0.1, 0.15) is 36.0 Å². The lowest BCUT2D eigenvalue weighted by Gasteiger charge is -2.32. The molecule has 0 spiro atoms. The van der Waals surface area contributed by atoms with E-state index in [0.717, 1.165) is 42.4 Å². The van der Waals surface area contributed by atoms with E-state index in [0.29, 0.717) is 18.3 Å². The van der Waals surface area contributed by atoms with Crippen LogP contribution in [0.15, 0.2) is 30.3 Å². The van der Waals surface area contributed by atoms with Crippen LogP contribution in [0.25, 0.3) is 10.9 Å². The molecule has 24 heavy (non-hydrogen) atoms. The minimum atomic E-state index is -0.192. The smallest absolute Gasteiger partial charge is 0.252 e. The van der Waals surface area contributed by atoms with Crippen molar-refractivity contribution >= 4 is 22.6 Å². The van der Waals surface area contributed by atoms with Crippen molar-refractivity contribution in [3.05, 3.63) is 35.9 Å². The number of anilines is 1. The number of hydrogen-bond donors (Lipinski definition) is 1. The van der Waals surface area contributed by atoms with Crippen molar-refractivity contribution in [3.63, 3.8) is 0 Å². The highest BCUT2D eigenvalue weighted by atomic mass is 16.5. The van der Waals surface area contributed by atoms with Gasteiger partial charge in [-0.25, -0.2) is 4.98 Å². The first kappa shape index (κ1) is 15.4. The van der Waals surface area contributed by atoms with Gasteiger partial charge in [0.15, 0.2) is 0 Å². The second kappa shape index (κ2) is 5.74. The number of pyridine rings is 1. The standard InChI is InChI=1S/C19H23N3O2/c1-22(2)17-10-15(14-7-3-4-8-16(14)20-17)18(23)21-19-9-5-6-13(11-19)24-12-19/h3-4,7-8,10,13H,5-6,9,11-12H2,1-2H3,(H,21,23). The third-order valence-corrected chi connectivity index (χ3v) is 5.18. The molecule has 5 nitrogen and oxygen atoms in total. The minimum absolute atomic E-state index is 0.0251. The Balaban J connectivity index is 1.71. The number of nitrogens with zero attached hydrogens (tertiary/aromatic N) is 2. The lowest BCUT2D eigenvalue weighted by atomic mass is 9.83. The Labute approximate surface area is 142 Å². The van der Waals surface area contributed by atoms with Crippen molar-refractivity contribution in [2.45, 2.75) is 37.3 Å². The molecule has 5 heteroatoms. The van der Waals surface area contributed by atoms with Crippen molar-refractivity contribution < 1.29 is 9.53 Å². The molecule has 2 heterocycles. The molecule has 2 unspecified atom stereocenters. The van der Waals surface area contributed by atoms with Gasteiger partial charge in [0.25, 0.3) is 5.91 Å². The number of para-hydroxylation sites is 1. The number of aromatic nitrogens is 1. The third kappa shape index (κ3) is 2.63. The average molecular weight is 325 g/mol. The number of carbonyl (C=O) groups excluding carboxylic acids is 1. The Morgan fingerprint density at radius 2 is 2.21 bits per heavy atom. The van der Waals surface area contributed by atoms with Gasteiger partial charge < -0.3 is 15.0 Å². The molecule has 2 aromatic rings.